The monoisotopic (exact) mass is 385 g/mol. The van der Waals surface area contributed by atoms with Crippen LogP contribution in [0.5, 0.6) is 0 Å². The van der Waals surface area contributed by atoms with E-state index in [9.17, 15) is 4.79 Å². The molecule has 29 heavy (non-hydrogen) atoms. The SMILES string of the molecule is COCc1ccc(-c2ccccc2)cc1C1(c2ccccc2)N=C(N)N(C)C1=O. The van der Waals surface area contributed by atoms with E-state index in [0.29, 0.717) is 6.61 Å². The average molecular weight is 385 g/mol. The first-order valence-electron chi connectivity index (χ1n) is 9.44. The second-order valence-corrected chi connectivity index (χ2v) is 7.08. The molecule has 5 nitrogen and oxygen atoms in total. The summed E-state index contributed by atoms with van der Waals surface area (Å²) in [4.78, 5) is 19.7. The largest absolute Gasteiger partial charge is 0.380 e. The van der Waals surface area contributed by atoms with Gasteiger partial charge >= 0.3 is 0 Å². The van der Waals surface area contributed by atoms with Gasteiger partial charge in [-0.25, -0.2) is 4.99 Å². The fourth-order valence-corrected chi connectivity index (χ4v) is 3.84. The number of methoxy groups -OCH3 is 1. The first kappa shape index (κ1) is 18.9. The summed E-state index contributed by atoms with van der Waals surface area (Å²) >= 11 is 0. The third-order valence-corrected chi connectivity index (χ3v) is 5.34. The molecule has 1 atom stereocenters. The van der Waals surface area contributed by atoms with Crippen LogP contribution in [0.15, 0.2) is 83.9 Å². The molecular weight excluding hydrogens is 362 g/mol. The molecule has 1 unspecified atom stereocenters. The quantitative estimate of drug-likeness (QED) is 0.731. The van der Waals surface area contributed by atoms with Crippen LogP contribution in [0.4, 0.5) is 0 Å². The highest BCUT2D eigenvalue weighted by atomic mass is 16.5. The van der Waals surface area contributed by atoms with Crippen LogP contribution >= 0.6 is 0 Å². The molecule has 2 N–H and O–H groups in total. The zero-order valence-electron chi connectivity index (χ0n) is 16.5. The van der Waals surface area contributed by atoms with Gasteiger partial charge in [-0.15, -0.1) is 0 Å². The lowest BCUT2D eigenvalue weighted by Gasteiger charge is -2.28. The lowest BCUT2D eigenvalue weighted by molar-refractivity contribution is -0.129. The molecule has 0 saturated heterocycles. The Bertz CT molecular complexity index is 1060. The molecule has 4 rings (SSSR count). The Labute approximate surface area is 170 Å². The number of ether oxygens (including phenoxy) is 1. The fraction of sp³-hybridized carbons (Fsp3) is 0.167. The first-order valence-corrected chi connectivity index (χ1v) is 9.44. The van der Waals surface area contributed by atoms with Crippen LogP contribution in [0.1, 0.15) is 16.7 Å². The normalized spacial score (nSPS) is 18.8. The van der Waals surface area contributed by atoms with Gasteiger partial charge in [-0.3, -0.25) is 9.69 Å². The second-order valence-electron chi connectivity index (χ2n) is 7.08. The van der Waals surface area contributed by atoms with Gasteiger partial charge in [0.1, 0.15) is 0 Å². The van der Waals surface area contributed by atoms with Crippen molar-refractivity contribution in [1.82, 2.24) is 4.90 Å². The van der Waals surface area contributed by atoms with Crippen molar-refractivity contribution in [3.63, 3.8) is 0 Å². The van der Waals surface area contributed by atoms with Crippen molar-refractivity contribution in [2.45, 2.75) is 12.1 Å². The number of rotatable bonds is 5. The molecule has 0 radical (unpaired) electrons. The molecule has 0 aromatic heterocycles. The number of hydrogen-bond acceptors (Lipinski definition) is 4. The van der Waals surface area contributed by atoms with E-state index < -0.39 is 5.54 Å². The average Bonchev–Trinajstić information content (AvgIpc) is 3.00. The van der Waals surface area contributed by atoms with Gasteiger partial charge in [0.25, 0.3) is 5.91 Å². The molecule has 1 heterocycles. The fourth-order valence-electron chi connectivity index (χ4n) is 3.84. The standard InChI is InChI=1S/C24H23N3O2/c1-27-22(28)24(26-23(27)25,20-11-7-4-8-12-20)21-15-18(13-14-19(21)16-29-2)17-9-5-3-6-10-17/h3-15H,16H2,1-2H3,(H2,25,26). The van der Waals surface area contributed by atoms with Crippen molar-refractivity contribution in [2.24, 2.45) is 10.7 Å². The minimum Gasteiger partial charge on any atom is -0.380 e. The Morgan fingerprint density at radius 2 is 1.62 bits per heavy atom. The summed E-state index contributed by atoms with van der Waals surface area (Å²) in [5.41, 5.74) is 9.41. The Morgan fingerprint density at radius 3 is 2.21 bits per heavy atom. The maximum absolute atomic E-state index is 13.5. The van der Waals surface area contributed by atoms with E-state index in [-0.39, 0.29) is 11.9 Å². The van der Waals surface area contributed by atoms with Crippen LogP contribution in [0, 0.1) is 0 Å². The number of nitrogens with zero attached hydrogens (tertiary/aromatic N) is 2. The maximum atomic E-state index is 13.5. The number of aliphatic imine (C=N–C) groups is 1. The van der Waals surface area contributed by atoms with Crippen LogP contribution in [0.2, 0.25) is 0 Å². The molecular formula is C24H23N3O2. The van der Waals surface area contributed by atoms with Gasteiger partial charge in [0.15, 0.2) is 11.5 Å². The smallest absolute Gasteiger partial charge is 0.266 e. The summed E-state index contributed by atoms with van der Waals surface area (Å²) in [6, 6.07) is 25.7. The Hall–Kier alpha value is -3.44. The number of carbonyl (C=O) groups excluding carboxylic acids is 1. The number of hydrogen-bond donors (Lipinski definition) is 1. The van der Waals surface area contributed by atoms with E-state index in [0.717, 1.165) is 27.8 Å². The molecule has 146 valence electrons. The van der Waals surface area contributed by atoms with Crippen LogP contribution in [0.25, 0.3) is 11.1 Å². The summed E-state index contributed by atoms with van der Waals surface area (Å²) in [6.07, 6.45) is 0. The third kappa shape index (κ3) is 3.09. The van der Waals surface area contributed by atoms with Crippen molar-refractivity contribution in [1.29, 1.82) is 0 Å². The van der Waals surface area contributed by atoms with Crippen LogP contribution < -0.4 is 5.73 Å². The molecule has 0 fully saturated rings. The van der Waals surface area contributed by atoms with Crippen molar-refractivity contribution < 1.29 is 9.53 Å². The highest BCUT2D eigenvalue weighted by Crippen LogP contribution is 2.42. The highest BCUT2D eigenvalue weighted by molar-refractivity contribution is 6.09. The van der Waals surface area contributed by atoms with Crippen molar-refractivity contribution in [2.75, 3.05) is 14.2 Å². The van der Waals surface area contributed by atoms with Gasteiger partial charge in [0, 0.05) is 14.2 Å². The zero-order chi connectivity index (χ0) is 20.4. The Balaban J connectivity index is 2.01. The van der Waals surface area contributed by atoms with E-state index in [1.165, 1.54) is 4.90 Å². The Morgan fingerprint density at radius 1 is 0.966 bits per heavy atom. The van der Waals surface area contributed by atoms with Gasteiger partial charge in [0.2, 0.25) is 0 Å². The minimum atomic E-state index is -1.24. The molecule has 1 amide bonds. The number of nitrogens with two attached hydrogens (primary N) is 1. The Kier molecular flexibility index (Phi) is 4.91. The van der Waals surface area contributed by atoms with E-state index in [1.54, 1.807) is 14.2 Å². The summed E-state index contributed by atoms with van der Waals surface area (Å²) in [7, 11) is 3.30. The molecule has 0 aliphatic carbocycles. The molecule has 3 aromatic rings. The highest BCUT2D eigenvalue weighted by Gasteiger charge is 2.50. The molecule has 3 aromatic carbocycles. The lowest BCUT2D eigenvalue weighted by Crippen LogP contribution is -2.41. The van der Waals surface area contributed by atoms with Gasteiger partial charge in [-0.2, -0.15) is 0 Å². The molecule has 0 saturated carbocycles. The summed E-state index contributed by atoms with van der Waals surface area (Å²) < 4.78 is 5.44. The number of amides is 1. The van der Waals surface area contributed by atoms with E-state index in [1.807, 2.05) is 78.9 Å². The minimum absolute atomic E-state index is 0.177. The number of guanidine groups is 1. The predicted octanol–water partition coefficient (Wildman–Crippen LogP) is 3.53. The van der Waals surface area contributed by atoms with Crippen molar-refractivity contribution in [3.8, 4) is 11.1 Å². The van der Waals surface area contributed by atoms with Crippen LogP contribution in [0.3, 0.4) is 0 Å². The van der Waals surface area contributed by atoms with Gasteiger partial charge in [-0.1, -0.05) is 72.8 Å². The van der Waals surface area contributed by atoms with E-state index in [4.69, 9.17) is 15.5 Å². The zero-order valence-corrected chi connectivity index (χ0v) is 16.5. The van der Waals surface area contributed by atoms with Gasteiger partial charge in [-0.05, 0) is 33.9 Å². The van der Waals surface area contributed by atoms with Gasteiger partial charge in [0.05, 0.1) is 6.61 Å². The maximum Gasteiger partial charge on any atom is 0.266 e. The summed E-state index contributed by atoms with van der Waals surface area (Å²) in [6.45, 7) is 0.366. The predicted molar refractivity (Wildman–Crippen MR) is 114 cm³/mol. The lowest BCUT2D eigenvalue weighted by atomic mass is 9.79. The third-order valence-electron chi connectivity index (χ3n) is 5.34. The summed E-state index contributed by atoms with van der Waals surface area (Å²) in [5, 5.41) is 0. The topological polar surface area (TPSA) is 67.9 Å². The number of likely N-dealkylation sites (N-methyl/N-ethyl adjacent to an activating group) is 1. The molecule has 1 aliphatic heterocycles. The number of benzene rings is 3. The van der Waals surface area contributed by atoms with Crippen molar-refractivity contribution in [3.05, 3.63) is 95.6 Å². The number of carbonyl (C=O) groups is 1. The van der Waals surface area contributed by atoms with Crippen LogP contribution in [-0.2, 0) is 21.7 Å². The van der Waals surface area contributed by atoms with E-state index >= 15 is 0 Å². The van der Waals surface area contributed by atoms with Crippen molar-refractivity contribution >= 4 is 11.9 Å². The second kappa shape index (κ2) is 7.53. The summed E-state index contributed by atoms with van der Waals surface area (Å²) in [5.74, 6) is 0.0242. The van der Waals surface area contributed by atoms with E-state index in [2.05, 4.69) is 0 Å². The molecule has 0 spiro atoms. The molecule has 0 bridgehead atoms. The molecule has 5 heteroatoms. The van der Waals surface area contributed by atoms with Gasteiger partial charge < -0.3 is 10.5 Å². The molecule has 1 aliphatic rings. The first-order chi connectivity index (χ1) is 14.1. The van der Waals surface area contributed by atoms with Crippen LogP contribution in [-0.4, -0.2) is 30.9 Å².